The molecule has 1 aliphatic heterocycles. The number of nitrogens with zero attached hydrogens (tertiary/aromatic N) is 1. The Morgan fingerprint density at radius 1 is 1.18 bits per heavy atom. The van der Waals surface area contributed by atoms with Gasteiger partial charge in [0, 0.05) is 19.1 Å². The van der Waals surface area contributed by atoms with Crippen LogP contribution in [-0.4, -0.2) is 43.1 Å². The minimum absolute atomic E-state index is 0.00460. The van der Waals surface area contributed by atoms with Crippen LogP contribution in [0.1, 0.15) is 25.7 Å². The zero-order valence-corrected chi connectivity index (χ0v) is 12.8. The molecule has 4 nitrogen and oxygen atoms in total. The van der Waals surface area contributed by atoms with E-state index in [0.29, 0.717) is 11.8 Å². The first-order chi connectivity index (χ1) is 10.7. The molecular formula is C17H23FN2O2. The summed E-state index contributed by atoms with van der Waals surface area (Å²) in [4.78, 5) is 14.0. The zero-order chi connectivity index (χ0) is 15.4. The fourth-order valence-corrected chi connectivity index (χ4v) is 2.76. The summed E-state index contributed by atoms with van der Waals surface area (Å²) in [5.74, 6) is 1.11. The highest BCUT2D eigenvalue weighted by molar-refractivity contribution is 5.77. The maximum absolute atomic E-state index is 12.8. The van der Waals surface area contributed by atoms with E-state index in [1.165, 1.54) is 37.1 Å². The molecule has 120 valence electrons. The number of rotatable bonds is 6. The second-order valence-corrected chi connectivity index (χ2v) is 6.25. The lowest BCUT2D eigenvalue weighted by Crippen LogP contribution is -2.46. The van der Waals surface area contributed by atoms with Gasteiger partial charge < -0.3 is 15.0 Å². The van der Waals surface area contributed by atoms with E-state index < -0.39 is 0 Å². The van der Waals surface area contributed by atoms with Gasteiger partial charge in [0.25, 0.3) is 5.91 Å². The summed E-state index contributed by atoms with van der Waals surface area (Å²) in [5, 5.41) is 3.60. The third-order valence-electron chi connectivity index (χ3n) is 4.42. The van der Waals surface area contributed by atoms with Crippen LogP contribution in [0.15, 0.2) is 24.3 Å². The fraction of sp³-hybridized carbons (Fsp3) is 0.588. The molecule has 1 amide bonds. The Morgan fingerprint density at radius 2 is 1.86 bits per heavy atom. The van der Waals surface area contributed by atoms with Crippen molar-refractivity contribution in [3.05, 3.63) is 30.1 Å². The third kappa shape index (κ3) is 4.44. The van der Waals surface area contributed by atoms with Gasteiger partial charge in [0.05, 0.1) is 0 Å². The van der Waals surface area contributed by atoms with Crippen LogP contribution in [0.2, 0.25) is 0 Å². The van der Waals surface area contributed by atoms with E-state index in [4.69, 9.17) is 4.74 Å². The SMILES string of the molecule is O=C(COc1ccc(F)cc1)N1CCC(NCC2CC2)CC1. The van der Waals surface area contributed by atoms with Crippen molar-refractivity contribution in [2.24, 2.45) is 5.92 Å². The normalized spacial score (nSPS) is 19.2. The molecule has 1 saturated heterocycles. The van der Waals surface area contributed by atoms with Crippen LogP contribution < -0.4 is 10.1 Å². The lowest BCUT2D eigenvalue weighted by molar-refractivity contribution is -0.134. The molecule has 1 aromatic rings. The average Bonchev–Trinajstić information content (AvgIpc) is 3.37. The van der Waals surface area contributed by atoms with Gasteiger partial charge in [0.15, 0.2) is 6.61 Å². The monoisotopic (exact) mass is 306 g/mol. The van der Waals surface area contributed by atoms with Gasteiger partial charge in [-0.3, -0.25) is 4.79 Å². The molecule has 0 bridgehead atoms. The van der Waals surface area contributed by atoms with Gasteiger partial charge in [-0.2, -0.15) is 0 Å². The highest BCUT2D eigenvalue weighted by atomic mass is 19.1. The smallest absolute Gasteiger partial charge is 0.260 e. The van der Waals surface area contributed by atoms with E-state index in [0.717, 1.165) is 38.4 Å². The second kappa shape index (κ2) is 7.09. The molecule has 1 N–H and O–H groups in total. The molecular weight excluding hydrogens is 283 g/mol. The maximum Gasteiger partial charge on any atom is 0.260 e. The van der Waals surface area contributed by atoms with E-state index in [9.17, 15) is 9.18 Å². The molecule has 0 spiro atoms. The Labute approximate surface area is 130 Å². The molecule has 0 radical (unpaired) electrons. The van der Waals surface area contributed by atoms with E-state index in [1.807, 2.05) is 4.90 Å². The number of carbonyl (C=O) groups is 1. The number of likely N-dealkylation sites (tertiary alicyclic amines) is 1. The quantitative estimate of drug-likeness (QED) is 0.876. The van der Waals surface area contributed by atoms with Crippen molar-refractivity contribution in [3.8, 4) is 5.75 Å². The van der Waals surface area contributed by atoms with Crippen LogP contribution in [-0.2, 0) is 4.79 Å². The lowest BCUT2D eigenvalue weighted by Gasteiger charge is -2.32. The number of piperidine rings is 1. The van der Waals surface area contributed by atoms with Crippen molar-refractivity contribution >= 4 is 5.91 Å². The Balaban J connectivity index is 1.36. The Hall–Kier alpha value is -1.62. The molecule has 1 heterocycles. The minimum atomic E-state index is -0.306. The van der Waals surface area contributed by atoms with Crippen molar-refractivity contribution in [1.29, 1.82) is 0 Å². The highest BCUT2D eigenvalue weighted by Gasteiger charge is 2.26. The molecule has 2 fully saturated rings. The largest absolute Gasteiger partial charge is 0.484 e. The average molecular weight is 306 g/mol. The van der Waals surface area contributed by atoms with Crippen molar-refractivity contribution in [2.45, 2.75) is 31.7 Å². The first-order valence-corrected chi connectivity index (χ1v) is 8.10. The van der Waals surface area contributed by atoms with Gasteiger partial charge >= 0.3 is 0 Å². The third-order valence-corrected chi connectivity index (χ3v) is 4.42. The van der Waals surface area contributed by atoms with Crippen LogP contribution in [0.25, 0.3) is 0 Å². The molecule has 1 aromatic carbocycles. The molecule has 1 saturated carbocycles. The molecule has 2 aliphatic rings. The molecule has 0 aromatic heterocycles. The molecule has 3 rings (SSSR count). The fourth-order valence-electron chi connectivity index (χ4n) is 2.76. The predicted molar refractivity (Wildman–Crippen MR) is 82.2 cm³/mol. The summed E-state index contributed by atoms with van der Waals surface area (Å²) in [6.45, 7) is 2.72. The number of ether oxygens (including phenoxy) is 1. The van der Waals surface area contributed by atoms with Crippen molar-refractivity contribution in [2.75, 3.05) is 26.2 Å². The second-order valence-electron chi connectivity index (χ2n) is 6.25. The number of amides is 1. The summed E-state index contributed by atoms with van der Waals surface area (Å²) >= 11 is 0. The molecule has 5 heteroatoms. The Morgan fingerprint density at radius 3 is 2.50 bits per heavy atom. The van der Waals surface area contributed by atoms with Crippen LogP contribution in [0.3, 0.4) is 0 Å². The van der Waals surface area contributed by atoms with Gasteiger partial charge in [-0.05, 0) is 62.4 Å². The number of hydrogen-bond donors (Lipinski definition) is 1. The van der Waals surface area contributed by atoms with Gasteiger partial charge in [0.2, 0.25) is 0 Å². The van der Waals surface area contributed by atoms with Crippen molar-refractivity contribution in [1.82, 2.24) is 10.2 Å². The van der Waals surface area contributed by atoms with Crippen molar-refractivity contribution in [3.63, 3.8) is 0 Å². The summed E-state index contributed by atoms with van der Waals surface area (Å²) in [6.07, 6.45) is 4.75. The van der Waals surface area contributed by atoms with E-state index in [-0.39, 0.29) is 18.3 Å². The number of nitrogens with one attached hydrogen (secondary N) is 1. The number of benzene rings is 1. The Bertz CT molecular complexity index is 494. The highest BCUT2D eigenvalue weighted by Crippen LogP contribution is 2.28. The first kappa shape index (κ1) is 15.3. The molecule has 1 aliphatic carbocycles. The topological polar surface area (TPSA) is 41.6 Å². The number of halogens is 1. The van der Waals surface area contributed by atoms with Crippen LogP contribution in [0, 0.1) is 11.7 Å². The van der Waals surface area contributed by atoms with E-state index >= 15 is 0 Å². The summed E-state index contributed by atoms with van der Waals surface area (Å²) in [7, 11) is 0. The zero-order valence-electron chi connectivity index (χ0n) is 12.8. The van der Waals surface area contributed by atoms with Gasteiger partial charge in [-0.15, -0.1) is 0 Å². The first-order valence-electron chi connectivity index (χ1n) is 8.10. The van der Waals surface area contributed by atoms with Crippen molar-refractivity contribution < 1.29 is 13.9 Å². The minimum Gasteiger partial charge on any atom is -0.484 e. The van der Waals surface area contributed by atoms with Gasteiger partial charge in [-0.25, -0.2) is 4.39 Å². The Kier molecular flexibility index (Phi) is 4.93. The number of hydrogen-bond acceptors (Lipinski definition) is 3. The van der Waals surface area contributed by atoms with E-state index in [2.05, 4.69) is 5.32 Å². The van der Waals surface area contributed by atoms with Gasteiger partial charge in [-0.1, -0.05) is 0 Å². The molecule has 0 atom stereocenters. The predicted octanol–water partition coefficient (Wildman–Crippen LogP) is 2.20. The van der Waals surface area contributed by atoms with Crippen LogP contribution >= 0.6 is 0 Å². The standard InChI is InChI=1S/C17H23FN2O2/c18-14-3-5-16(6-4-14)22-12-17(21)20-9-7-15(8-10-20)19-11-13-1-2-13/h3-6,13,15,19H,1-2,7-12H2. The summed E-state index contributed by atoms with van der Waals surface area (Å²) < 4.78 is 18.2. The lowest BCUT2D eigenvalue weighted by atomic mass is 10.0. The van der Waals surface area contributed by atoms with E-state index in [1.54, 1.807) is 0 Å². The van der Waals surface area contributed by atoms with Crippen LogP contribution in [0.4, 0.5) is 4.39 Å². The number of carbonyl (C=O) groups excluding carboxylic acids is 1. The van der Waals surface area contributed by atoms with Gasteiger partial charge in [0.1, 0.15) is 11.6 Å². The summed E-state index contributed by atoms with van der Waals surface area (Å²) in [5.41, 5.74) is 0. The summed E-state index contributed by atoms with van der Waals surface area (Å²) in [6, 6.07) is 6.28. The van der Waals surface area contributed by atoms with Crippen LogP contribution in [0.5, 0.6) is 5.75 Å². The molecule has 0 unspecified atom stereocenters. The maximum atomic E-state index is 12.8. The molecule has 22 heavy (non-hydrogen) atoms.